The van der Waals surface area contributed by atoms with Crippen molar-refractivity contribution in [2.24, 2.45) is 0 Å². The second kappa shape index (κ2) is 7.10. The first kappa shape index (κ1) is 17.7. The summed E-state index contributed by atoms with van der Waals surface area (Å²) in [5, 5.41) is 27.8. The molecule has 9 heteroatoms. The molecule has 4 rings (SSSR count). The van der Waals surface area contributed by atoms with Crippen LogP contribution in [0.2, 0.25) is 0 Å². The number of fused-ring (bicyclic) bond motifs is 2. The zero-order valence-corrected chi connectivity index (χ0v) is 15.0. The van der Waals surface area contributed by atoms with E-state index in [1.165, 1.54) is 17.8 Å². The van der Waals surface area contributed by atoms with Crippen LogP contribution < -0.4 is 14.2 Å². The maximum atomic E-state index is 10.8. The summed E-state index contributed by atoms with van der Waals surface area (Å²) in [5.41, 5.74) is 1.88. The number of rotatable bonds is 6. The lowest BCUT2D eigenvalue weighted by molar-refractivity contribution is -0.132. The molecule has 0 aliphatic carbocycles. The van der Waals surface area contributed by atoms with Gasteiger partial charge in [-0.15, -0.1) is 15.0 Å². The molecule has 0 atom stereocenters. The summed E-state index contributed by atoms with van der Waals surface area (Å²) in [7, 11) is 0. The monoisotopic (exact) mass is 383 g/mol. The number of carbonyl (C=O) groups is 1. The summed E-state index contributed by atoms with van der Waals surface area (Å²) in [6, 6.07) is 8.33. The molecule has 2 N–H and O–H groups in total. The zero-order chi connectivity index (χ0) is 19.7. The predicted octanol–water partition coefficient (Wildman–Crippen LogP) is 2.65. The molecule has 0 amide bonds. The van der Waals surface area contributed by atoms with Crippen molar-refractivity contribution in [1.29, 1.82) is 0 Å². The smallest absolute Gasteiger partial charge is 0.330 e. The molecular weight excluding hydrogens is 366 g/mol. The zero-order valence-electron chi connectivity index (χ0n) is 15.0. The van der Waals surface area contributed by atoms with Crippen LogP contribution in [-0.2, 0) is 4.79 Å². The highest BCUT2D eigenvalue weighted by Crippen LogP contribution is 2.39. The highest BCUT2D eigenvalue weighted by Gasteiger charge is 2.19. The Hall–Kier alpha value is -3.75. The Morgan fingerprint density at radius 1 is 1.21 bits per heavy atom. The molecule has 2 aromatic carbocycles. The maximum absolute atomic E-state index is 10.8. The SMILES string of the molecule is CC(=CCCOc1ccc2nn(-c3cc4c(cc3O)OCO4)nc2c1)C(=O)O. The van der Waals surface area contributed by atoms with Crippen molar-refractivity contribution >= 4 is 17.0 Å². The van der Waals surface area contributed by atoms with E-state index >= 15 is 0 Å². The molecule has 3 aromatic rings. The maximum Gasteiger partial charge on any atom is 0.330 e. The van der Waals surface area contributed by atoms with E-state index < -0.39 is 5.97 Å². The normalized spacial score (nSPS) is 13.1. The van der Waals surface area contributed by atoms with Gasteiger partial charge < -0.3 is 24.4 Å². The van der Waals surface area contributed by atoms with Crippen molar-refractivity contribution in [2.45, 2.75) is 13.3 Å². The molecular formula is C19H17N3O6. The Morgan fingerprint density at radius 2 is 1.96 bits per heavy atom. The third-order valence-corrected chi connectivity index (χ3v) is 4.21. The second-order valence-electron chi connectivity index (χ2n) is 6.16. The lowest BCUT2D eigenvalue weighted by Gasteiger charge is -2.04. The third-order valence-electron chi connectivity index (χ3n) is 4.21. The standard InChI is InChI=1S/C19H17N3O6/c1-11(19(24)25)3-2-6-26-12-4-5-13-14(7-12)21-22(20-13)15-8-17-18(9-16(15)23)28-10-27-17/h3-5,7-9,23H,2,6,10H2,1H3,(H,24,25). The van der Waals surface area contributed by atoms with E-state index in [1.54, 1.807) is 30.3 Å². The molecule has 144 valence electrons. The Labute approximate surface area is 159 Å². The van der Waals surface area contributed by atoms with Crippen LogP contribution in [-0.4, -0.2) is 44.6 Å². The molecule has 0 saturated carbocycles. The highest BCUT2D eigenvalue weighted by molar-refractivity contribution is 5.85. The molecule has 9 nitrogen and oxygen atoms in total. The van der Waals surface area contributed by atoms with E-state index in [0.717, 1.165) is 0 Å². The van der Waals surface area contributed by atoms with Gasteiger partial charge in [-0.1, -0.05) is 6.08 Å². The fourth-order valence-corrected chi connectivity index (χ4v) is 2.71. The Bertz CT molecular complexity index is 1090. The number of aliphatic carboxylic acids is 1. The summed E-state index contributed by atoms with van der Waals surface area (Å²) in [6.45, 7) is 1.99. The van der Waals surface area contributed by atoms with Crippen LogP contribution in [0.4, 0.5) is 0 Å². The Morgan fingerprint density at radius 3 is 2.75 bits per heavy atom. The molecule has 0 radical (unpaired) electrons. The van der Waals surface area contributed by atoms with Gasteiger partial charge in [-0.3, -0.25) is 0 Å². The molecule has 1 aliphatic rings. The molecule has 0 bridgehead atoms. The summed E-state index contributed by atoms with van der Waals surface area (Å²) < 4.78 is 16.2. The summed E-state index contributed by atoms with van der Waals surface area (Å²) >= 11 is 0. The van der Waals surface area contributed by atoms with E-state index in [2.05, 4.69) is 10.2 Å². The minimum Gasteiger partial charge on any atom is -0.505 e. The Balaban J connectivity index is 1.53. The first-order chi connectivity index (χ1) is 13.5. The van der Waals surface area contributed by atoms with E-state index in [0.29, 0.717) is 47.0 Å². The summed E-state index contributed by atoms with van der Waals surface area (Å²) in [6.07, 6.45) is 2.09. The highest BCUT2D eigenvalue weighted by atomic mass is 16.7. The first-order valence-corrected chi connectivity index (χ1v) is 8.54. The van der Waals surface area contributed by atoms with E-state index in [1.807, 2.05) is 0 Å². The van der Waals surface area contributed by atoms with Gasteiger partial charge in [-0.05, 0) is 19.1 Å². The molecule has 0 unspecified atom stereocenters. The van der Waals surface area contributed by atoms with Gasteiger partial charge in [0.15, 0.2) is 11.5 Å². The van der Waals surface area contributed by atoms with Gasteiger partial charge in [-0.2, -0.15) is 0 Å². The van der Waals surface area contributed by atoms with Crippen molar-refractivity contribution in [3.8, 4) is 28.7 Å². The van der Waals surface area contributed by atoms with Crippen molar-refractivity contribution in [1.82, 2.24) is 15.0 Å². The third kappa shape index (κ3) is 3.41. The van der Waals surface area contributed by atoms with Gasteiger partial charge in [0.25, 0.3) is 0 Å². The summed E-state index contributed by atoms with van der Waals surface area (Å²) in [4.78, 5) is 12.1. The Kier molecular flexibility index (Phi) is 4.48. The molecule has 28 heavy (non-hydrogen) atoms. The van der Waals surface area contributed by atoms with Crippen molar-refractivity contribution in [3.63, 3.8) is 0 Å². The van der Waals surface area contributed by atoms with Crippen molar-refractivity contribution in [3.05, 3.63) is 42.0 Å². The largest absolute Gasteiger partial charge is 0.505 e. The predicted molar refractivity (Wildman–Crippen MR) is 98.2 cm³/mol. The molecule has 1 aliphatic heterocycles. The van der Waals surface area contributed by atoms with Crippen LogP contribution >= 0.6 is 0 Å². The average molecular weight is 383 g/mol. The molecule has 2 heterocycles. The van der Waals surface area contributed by atoms with Crippen LogP contribution in [0.15, 0.2) is 42.0 Å². The van der Waals surface area contributed by atoms with Gasteiger partial charge in [0.05, 0.1) is 6.61 Å². The lowest BCUT2D eigenvalue weighted by atomic mass is 10.2. The van der Waals surface area contributed by atoms with E-state index in [9.17, 15) is 9.90 Å². The fourth-order valence-electron chi connectivity index (χ4n) is 2.71. The number of benzene rings is 2. The van der Waals surface area contributed by atoms with Gasteiger partial charge >= 0.3 is 5.97 Å². The minimum atomic E-state index is -0.940. The van der Waals surface area contributed by atoms with Crippen molar-refractivity contribution in [2.75, 3.05) is 13.4 Å². The number of hydrogen-bond donors (Lipinski definition) is 2. The van der Waals surface area contributed by atoms with Gasteiger partial charge in [-0.25, -0.2) is 4.79 Å². The number of aromatic hydroxyl groups is 1. The van der Waals surface area contributed by atoms with Crippen LogP contribution in [0.25, 0.3) is 16.7 Å². The molecule has 0 saturated heterocycles. The lowest BCUT2D eigenvalue weighted by Crippen LogP contribution is -1.99. The number of ether oxygens (including phenoxy) is 3. The molecule has 1 aromatic heterocycles. The number of carboxylic acids is 1. The van der Waals surface area contributed by atoms with Gasteiger partial charge in [0.2, 0.25) is 6.79 Å². The second-order valence-corrected chi connectivity index (χ2v) is 6.16. The van der Waals surface area contributed by atoms with Crippen LogP contribution in [0, 0.1) is 0 Å². The topological polar surface area (TPSA) is 116 Å². The van der Waals surface area contributed by atoms with Crippen LogP contribution in [0.1, 0.15) is 13.3 Å². The van der Waals surface area contributed by atoms with Crippen molar-refractivity contribution < 1.29 is 29.2 Å². The summed E-state index contributed by atoms with van der Waals surface area (Å²) in [5.74, 6) is 0.617. The number of phenols is 1. The number of phenolic OH excluding ortho intramolecular Hbond substituents is 1. The number of hydrogen-bond acceptors (Lipinski definition) is 7. The van der Waals surface area contributed by atoms with E-state index in [4.69, 9.17) is 19.3 Å². The van der Waals surface area contributed by atoms with Crippen LogP contribution in [0.3, 0.4) is 0 Å². The average Bonchev–Trinajstić information content (AvgIpc) is 3.29. The fraction of sp³-hybridized carbons (Fsp3) is 0.211. The minimum absolute atomic E-state index is 0.0263. The number of aromatic nitrogens is 3. The van der Waals surface area contributed by atoms with Crippen LogP contribution in [0.5, 0.6) is 23.0 Å². The van der Waals surface area contributed by atoms with E-state index in [-0.39, 0.29) is 18.1 Å². The van der Waals surface area contributed by atoms with Gasteiger partial charge in [0.1, 0.15) is 28.2 Å². The molecule has 0 fully saturated rings. The number of carboxylic acid groups (broad SMARTS) is 1. The molecule has 0 spiro atoms. The first-order valence-electron chi connectivity index (χ1n) is 8.54. The quantitative estimate of drug-likeness (QED) is 0.493. The number of nitrogens with zero attached hydrogens (tertiary/aromatic N) is 3. The van der Waals surface area contributed by atoms with Gasteiger partial charge in [0, 0.05) is 30.2 Å².